The van der Waals surface area contributed by atoms with Gasteiger partial charge >= 0.3 is 0 Å². The van der Waals surface area contributed by atoms with Crippen molar-refractivity contribution in [1.29, 1.82) is 0 Å². The minimum absolute atomic E-state index is 0.0631. The number of hydrogen-bond acceptors (Lipinski definition) is 3. The van der Waals surface area contributed by atoms with Gasteiger partial charge < -0.3 is 10.2 Å². The molecule has 0 aliphatic carbocycles. The maximum atomic E-state index is 12.1. The first-order chi connectivity index (χ1) is 12.3. The number of benzene rings is 2. The molecule has 2 rings (SSSR count). The molecule has 0 unspecified atom stereocenters. The van der Waals surface area contributed by atoms with Crippen LogP contribution in [-0.2, 0) is 9.59 Å². The van der Waals surface area contributed by atoms with Crippen LogP contribution in [0.3, 0.4) is 0 Å². The fourth-order valence-corrected chi connectivity index (χ4v) is 2.56. The zero-order chi connectivity index (χ0) is 19.1. The first kappa shape index (κ1) is 19.7. The Bertz CT molecular complexity index is 803. The second-order valence-electron chi connectivity index (χ2n) is 6.10. The number of carbonyl (C=O) groups excluding carboxylic acids is 3. The van der Waals surface area contributed by atoms with Crippen molar-refractivity contribution in [2.75, 3.05) is 18.9 Å². The van der Waals surface area contributed by atoms with Gasteiger partial charge in [0, 0.05) is 36.2 Å². The van der Waals surface area contributed by atoms with E-state index in [0.717, 1.165) is 5.56 Å². The lowest BCUT2D eigenvalue weighted by molar-refractivity contribution is -0.133. The lowest BCUT2D eigenvalue weighted by Gasteiger charge is -2.16. The van der Waals surface area contributed by atoms with E-state index in [-0.39, 0.29) is 37.0 Å². The van der Waals surface area contributed by atoms with Crippen LogP contribution in [0.2, 0.25) is 5.02 Å². The molecule has 0 spiro atoms. The molecule has 0 aliphatic rings. The van der Waals surface area contributed by atoms with Gasteiger partial charge in [-0.2, -0.15) is 0 Å². The normalized spacial score (nSPS) is 10.3. The van der Waals surface area contributed by atoms with Gasteiger partial charge in [0.2, 0.25) is 11.8 Å². The van der Waals surface area contributed by atoms with Gasteiger partial charge in [-0.1, -0.05) is 47.5 Å². The number of nitrogens with one attached hydrogen (secondary N) is 1. The van der Waals surface area contributed by atoms with Gasteiger partial charge in [0.1, 0.15) is 0 Å². The van der Waals surface area contributed by atoms with Crippen molar-refractivity contribution in [2.24, 2.45) is 0 Å². The van der Waals surface area contributed by atoms with Crippen molar-refractivity contribution in [1.82, 2.24) is 4.90 Å². The third kappa shape index (κ3) is 6.01. The molecular weight excluding hydrogens is 352 g/mol. The van der Waals surface area contributed by atoms with Crippen LogP contribution in [-0.4, -0.2) is 36.1 Å². The summed E-state index contributed by atoms with van der Waals surface area (Å²) in [6.07, 6.45) is 0.176. The van der Waals surface area contributed by atoms with Crippen molar-refractivity contribution >= 4 is 34.9 Å². The van der Waals surface area contributed by atoms with Crippen LogP contribution in [0, 0.1) is 6.92 Å². The van der Waals surface area contributed by atoms with E-state index in [1.807, 2.05) is 19.1 Å². The first-order valence-electron chi connectivity index (χ1n) is 8.24. The molecule has 6 heteroatoms. The molecule has 0 fully saturated rings. The Hall–Kier alpha value is -2.66. The van der Waals surface area contributed by atoms with Crippen LogP contribution >= 0.6 is 11.6 Å². The molecule has 0 aromatic heterocycles. The van der Waals surface area contributed by atoms with Crippen LogP contribution in [0.4, 0.5) is 5.69 Å². The van der Waals surface area contributed by atoms with Gasteiger partial charge in [0.15, 0.2) is 5.78 Å². The van der Waals surface area contributed by atoms with E-state index >= 15 is 0 Å². The third-order valence-electron chi connectivity index (χ3n) is 3.85. The van der Waals surface area contributed by atoms with Gasteiger partial charge in [0.05, 0.1) is 6.54 Å². The molecule has 0 bridgehead atoms. The predicted molar refractivity (Wildman–Crippen MR) is 102 cm³/mol. The summed E-state index contributed by atoms with van der Waals surface area (Å²) >= 11 is 5.87. The molecule has 26 heavy (non-hydrogen) atoms. The summed E-state index contributed by atoms with van der Waals surface area (Å²) in [5.41, 5.74) is 2.23. The van der Waals surface area contributed by atoms with E-state index in [0.29, 0.717) is 16.3 Å². The second-order valence-corrected chi connectivity index (χ2v) is 6.53. The van der Waals surface area contributed by atoms with Crippen LogP contribution in [0.25, 0.3) is 0 Å². The zero-order valence-corrected chi connectivity index (χ0v) is 15.5. The van der Waals surface area contributed by atoms with Crippen molar-refractivity contribution in [3.63, 3.8) is 0 Å². The minimum atomic E-state index is -0.326. The van der Waals surface area contributed by atoms with Crippen molar-refractivity contribution in [3.05, 3.63) is 64.7 Å². The second kappa shape index (κ2) is 9.15. The lowest BCUT2D eigenvalue weighted by Crippen LogP contribution is -2.35. The highest BCUT2D eigenvalue weighted by atomic mass is 35.5. The number of carbonyl (C=O) groups is 3. The lowest BCUT2D eigenvalue weighted by atomic mass is 10.0. The molecule has 0 atom stereocenters. The summed E-state index contributed by atoms with van der Waals surface area (Å²) in [6.45, 7) is 1.85. The van der Waals surface area contributed by atoms with Crippen molar-refractivity contribution < 1.29 is 14.4 Å². The molecule has 0 saturated heterocycles. The number of hydrogen-bond donors (Lipinski definition) is 1. The highest BCUT2D eigenvalue weighted by Crippen LogP contribution is 2.15. The number of aryl methyl sites for hydroxylation is 1. The number of likely N-dealkylation sites (N-methyl/N-ethyl adjacent to an activating group) is 1. The molecule has 0 heterocycles. The quantitative estimate of drug-likeness (QED) is 0.753. The smallest absolute Gasteiger partial charge is 0.243 e. The molecule has 0 saturated carbocycles. The van der Waals surface area contributed by atoms with E-state index < -0.39 is 0 Å². The van der Waals surface area contributed by atoms with Crippen LogP contribution in [0.15, 0.2) is 48.5 Å². The molecule has 136 valence electrons. The van der Waals surface area contributed by atoms with E-state index in [1.165, 1.54) is 11.9 Å². The summed E-state index contributed by atoms with van der Waals surface area (Å²) < 4.78 is 0. The molecule has 2 aromatic rings. The summed E-state index contributed by atoms with van der Waals surface area (Å²) in [4.78, 5) is 37.6. The minimum Gasteiger partial charge on any atom is -0.336 e. The molecule has 0 radical (unpaired) electrons. The molecule has 1 N–H and O–H groups in total. The van der Waals surface area contributed by atoms with Gasteiger partial charge in [-0.3, -0.25) is 14.4 Å². The highest BCUT2D eigenvalue weighted by molar-refractivity contribution is 6.30. The van der Waals surface area contributed by atoms with Crippen LogP contribution in [0.1, 0.15) is 28.8 Å². The van der Waals surface area contributed by atoms with E-state index in [9.17, 15) is 14.4 Å². The highest BCUT2D eigenvalue weighted by Gasteiger charge is 2.15. The Morgan fingerprint density at radius 2 is 1.73 bits per heavy atom. The Labute approximate surface area is 158 Å². The Balaban J connectivity index is 1.80. The topological polar surface area (TPSA) is 66.5 Å². The number of rotatable bonds is 7. The Morgan fingerprint density at radius 1 is 1.04 bits per heavy atom. The molecule has 5 nitrogen and oxygen atoms in total. The third-order valence-corrected chi connectivity index (χ3v) is 4.09. The van der Waals surface area contributed by atoms with Gasteiger partial charge in [-0.25, -0.2) is 0 Å². The maximum absolute atomic E-state index is 12.1. The summed E-state index contributed by atoms with van der Waals surface area (Å²) in [6, 6.07) is 14.0. The van der Waals surface area contributed by atoms with Gasteiger partial charge in [0.25, 0.3) is 0 Å². The van der Waals surface area contributed by atoms with Gasteiger partial charge in [-0.05, 0) is 25.1 Å². The monoisotopic (exact) mass is 372 g/mol. The standard InChI is InChI=1S/C20H21ClN2O3/c1-14-6-8-15(9-7-14)18(24)10-11-20(26)23(2)13-19(25)22-17-5-3-4-16(21)12-17/h3-9,12H,10-11,13H2,1-2H3,(H,22,25). The van der Waals surface area contributed by atoms with Crippen LogP contribution < -0.4 is 5.32 Å². The van der Waals surface area contributed by atoms with Crippen molar-refractivity contribution in [3.8, 4) is 0 Å². The average Bonchev–Trinajstić information content (AvgIpc) is 2.59. The summed E-state index contributed by atoms with van der Waals surface area (Å²) in [5, 5.41) is 3.20. The van der Waals surface area contributed by atoms with E-state index in [1.54, 1.807) is 36.4 Å². The first-order valence-corrected chi connectivity index (χ1v) is 8.62. The number of nitrogens with zero attached hydrogens (tertiary/aromatic N) is 1. The van der Waals surface area contributed by atoms with Gasteiger partial charge in [-0.15, -0.1) is 0 Å². The summed E-state index contributed by atoms with van der Waals surface area (Å²) in [5.74, 6) is -0.671. The molecular formula is C20H21ClN2O3. The van der Waals surface area contributed by atoms with Crippen LogP contribution in [0.5, 0.6) is 0 Å². The van der Waals surface area contributed by atoms with Crippen molar-refractivity contribution in [2.45, 2.75) is 19.8 Å². The molecule has 0 aliphatic heterocycles. The number of anilines is 1. The number of ketones is 1. The van der Waals surface area contributed by atoms with E-state index in [2.05, 4.69) is 5.32 Å². The molecule has 2 amide bonds. The summed E-state index contributed by atoms with van der Waals surface area (Å²) in [7, 11) is 1.54. The Kier molecular flexibility index (Phi) is 6.92. The maximum Gasteiger partial charge on any atom is 0.243 e. The number of amides is 2. The largest absolute Gasteiger partial charge is 0.336 e. The Morgan fingerprint density at radius 3 is 2.38 bits per heavy atom. The SMILES string of the molecule is Cc1ccc(C(=O)CCC(=O)N(C)CC(=O)Nc2cccc(Cl)c2)cc1. The average molecular weight is 373 g/mol. The number of Topliss-reactive ketones (excluding diaryl/α,β-unsaturated/α-hetero) is 1. The van der Waals surface area contributed by atoms with E-state index in [4.69, 9.17) is 11.6 Å². The fraction of sp³-hybridized carbons (Fsp3) is 0.250. The molecule has 2 aromatic carbocycles. The predicted octanol–water partition coefficient (Wildman–Crippen LogP) is 3.71. The number of halogens is 1. The fourth-order valence-electron chi connectivity index (χ4n) is 2.37. The zero-order valence-electron chi connectivity index (χ0n) is 14.8.